The summed E-state index contributed by atoms with van der Waals surface area (Å²) in [6, 6.07) is 15.7. The van der Waals surface area contributed by atoms with E-state index in [1.807, 2.05) is 35.7 Å². The molecule has 0 fully saturated rings. The zero-order valence-electron chi connectivity index (χ0n) is 17.0. The van der Waals surface area contributed by atoms with E-state index in [1.165, 1.54) is 28.0 Å². The van der Waals surface area contributed by atoms with Gasteiger partial charge in [-0.1, -0.05) is 30.3 Å². The molecule has 0 radical (unpaired) electrons. The van der Waals surface area contributed by atoms with Crippen molar-refractivity contribution in [3.8, 4) is 5.75 Å². The van der Waals surface area contributed by atoms with Crippen LogP contribution >= 0.6 is 11.3 Å². The highest BCUT2D eigenvalue weighted by Gasteiger charge is 2.36. The van der Waals surface area contributed by atoms with Crippen molar-refractivity contribution in [2.45, 2.75) is 12.5 Å². The lowest BCUT2D eigenvalue weighted by molar-refractivity contribution is -0.384. The normalized spacial score (nSPS) is 17.4. The van der Waals surface area contributed by atoms with E-state index < -0.39 is 10.8 Å². The van der Waals surface area contributed by atoms with Crippen molar-refractivity contribution in [1.29, 1.82) is 0 Å². The van der Waals surface area contributed by atoms with Crippen LogP contribution in [0.1, 0.15) is 22.0 Å². The number of amides is 2. The van der Waals surface area contributed by atoms with Crippen LogP contribution in [0.5, 0.6) is 5.75 Å². The Balaban J connectivity index is 1.48. The number of hydrogen-bond donors (Lipinski definition) is 0. The SMILES string of the molecule is O=C1COc2ccc([N+](=O)[O-])cc2N1CC(=O)N1CCc2sccc2C1c1ccccc1. The van der Waals surface area contributed by atoms with E-state index in [0.717, 1.165) is 17.5 Å². The average Bonchev–Trinajstić information content (AvgIpc) is 3.29. The van der Waals surface area contributed by atoms with Gasteiger partial charge < -0.3 is 9.64 Å². The number of ether oxygens (including phenoxy) is 1. The number of nitro benzene ring substituents is 1. The summed E-state index contributed by atoms with van der Waals surface area (Å²) in [5.74, 6) is -0.277. The number of benzene rings is 2. The molecular weight excluding hydrogens is 430 g/mol. The Labute approximate surface area is 187 Å². The first-order valence-electron chi connectivity index (χ1n) is 10.1. The van der Waals surface area contributed by atoms with Crippen molar-refractivity contribution in [1.82, 2.24) is 4.90 Å². The van der Waals surface area contributed by atoms with Crippen LogP contribution in [0.2, 0.25) is 0 Å². The lowest BCUT2D eigenvalue weighted by atomic mass is 9.93. The highest BCUT2D eigenvalue weighted by atomic mass is 32.1. The lowest BCUT2D eigenvalue weighted by Crippen LogP contribution is -2.49. The van der Waals surface area contributed by atoms with Crippen LogP contribution in [-0.4, -0.2) is 41.3 Å². The Morgan fingerprint density at radius 2 is 2.00 bits per heavy atom. The van der Waals surface area contributed by atoms with E-state index in [0.29, 0.717) is 12.3 Å². The van der Waals surface area contributed by atoms with Gasteiger partial charge in [0.25, 0.3) is 11.6 Å². The first-order chi connectivity index (χ1) is 15.5. The van der Waals surface area contributed by atoms with E-state index in [9.17, 15) is 19.7 Å². The van der Waals surface area contributed by atoms with Crippen LogP contribution in [0.4, 0.5) is 11.4 Å². The molecule has 0 saturated carbocycles. The minimum Gasteiger partial charge on any atom is -0.482 e. The number of nitrogens with zero attached hydrogens (tertiary/aromatic N) is 3. The van der Waals surface area contributed by atoms with Gasteiger partial charge >= 0.3 is 0 Å². The Morgan fingerprint density at radius 1 is 1.19 bits per heavy atom. The Bertz CT molecular complexity index is 1210. The van der Waals surface area contributed by atoms with Crippen molar-refractivity contribution in [2.24, 2.45) is 0 Å². The number of carbonyl (C=O) groups is 2. The lowest BCUT2D eigenvalue weighted by Gasteiger charge is -2.38. The van der Waals surface area contributed by atoms with Gasteiger partial charge in [0.2, 0.25) is 5.91 Å². The van der Waals surface area contributed by atoms with Crippen LogP contribution in [0.3, 0.4) is 0 Å². The Hall–Kier alpha value is -3.72. The van der Waals surface area contributed by atoms with Crippen LogP contribution in [0, 0.1) is 10.1 Å². The molecular formula is C23H19N3O5S. The molecule has 1 aromatic heterocycles. The molecule has 2 aromatic carbocycles. The Kier molecular flexibility index (Phi) is 5.10. The first kappa shape index (κ1) is 20.2. The van der Waals surface area contributed by atoms with Crippen LogP contribution in [0.15, 0.2) is 60.0 Å². The molecule has 0 bridgehead atoms. The van der Waals surface area contributed by atoms with Crippen molar-refractivity contribution in [2.75, 3.05) is 24.6 Å². The summed E-state index contributed by atoms with van der Waals surface area (Å²) in [5.41, 5.74) is 2.19. The van der Waals surface area contributed by atoms with Gasteiger partial charge in [-0.05, 0) is 35.1 Å². The molecule has 5 rings (SSSR count). The molecule has 0 spiro atoms. The molecule has 162 valence electrons. The fraction of sp³-hybridized carbons (Fsp3) is 0.217. The summed E-state index contributed by atoms with van der Waals surface area (Å²) in [6.07, 6.45) is 0.751. The maximum Gasteiger partial charge on any atom is 0.271 e. The molecule has 3 aromatic rings. The second-order valence-corrected chi connectivity index (χ2v) is 8.63. The number of anilines is 1. The smallest absolute Gasteiger partial charge is 0.271 e. The number of non-ortho nitro benzene ring substituents is 1. The van der Waals surface area contributed by atoms with E-state index >= 15 is 0 Å². The van der Waals surface area contributed by atoms with Gasteiger partial charge in [-0.3, -0.25) is 24.6 Å². The molecule has 2 aliphatic rings. The second kappa shape index (κ2) is 8.08. The summed E-state index contributed by atoms with van der Waals surface area (Å²) in [5, 5.41) is 13.3. The summed E-state index contributed by atoms with van der Waals surface area (Å²) in [6.45, 7) is 0.111. The van der Waals surface area contributed by atoms with Gasteiger partial charge in [-0.2, -0.15) is 0 Å². The molecule has 1 unspecified atom stereocenters. The first-order valence-corrected chi connectivity index (χ1v) is 11.0. The Morgan fingerprint density at radius 3 is 2.78 bits per heavy atom. The topological polar surface area (TPSA) is 93.0 Å². The summed E-state index contributed by atoms with van der Waals surface area (Å²) in [7, 11) is 0. The van der Waals surface area contributed by atoms with Gasteiger partial charge in [0, 0.05) is 23.6 Å². The van der Waals surface area contributed by atoms with E-state index in [-0.39, 0.29) is 36.5 Å². The zero-order valence-corrected chi connectivity index (χ0v) is 17.8. The third-order valence-corrected chi connectivity index (χ3v) is 6.79. The molecule has 0 N–H and O–H groups in total. The third-order valence-electron chi connectivity index (χ3n) is 5.79. The standard InChI is InChI=1S/C23H19N3O5S/c27-21(13-25-18-12-16(26(29)30)6-7-19(18)31-14-22(25)28)24-10-8-20-17(9-11-32-20)23(24)15-4-2-1-3-5-15/h1-7,9,11-12,23H,8,10,13-14H2. The van der Waals surface area contributed by atoms with Crippen LogP contribution in [-0.2, 0) is 16.0 Å². The largest absolute Gasteiger partial charge is 0.482 e. The zero-order chi connectivity index (χ0) is 22.2. The molecule has 0 aliphatic carbocycles. The minimum absolute atomic E-state index is 0.164. The van der Waals surface area contributed by atoms with E-state index in [2.05, 4.69) is 6.07 Å². The van der Waals surface area contributed by atoms with E-state index in [4.69, 9.17) is 4.74 Å². The molecule has 2 amide bonds. The van der Waals surface area contributed by atoms with Gasteiger partial charge in [0.1, 0.15) is 12.3 Å². The molecule has 8 nitrogen and oxygen atoms in total. The molecule has 0 saturated heterocycles. The van der Waals surface area contributed by atoms with Crippen molar-refractivity contribution in [3.05, 3.63) is 86.1 Å². The third kappa shape index (κ3) is 3.50. The van der Waals surface area contributed by atoms with Crippen molar-refractivity contribution in [3.63, 3.8) is 0 Å². The number of fused-ring (bicyclic) bond motifs is 2. The summed E-state index contributed by atoms with van der Waals surface area (Å²) >= 11 is 1.69. The van der Waals surface area contributed by atoms with E-state index in [1.54, 1.807) is 16.2 Å². The second-order valence-electron chi connectivity index (χ2n) is 7.63. The fourth-order valence-electron chi connectivity index (χ4n) is 4.28. The minimum atomic E-state index is -0.534. The summed E-state index contributed by atoms with van der Waals surface area (Å²) in [4.78, 5) is 41.2. The highest BCUT2D eigenvalue weighted by molar-refractivity contribution is 7.10. The van der Waals surface area contributed by atoms with Crippen LogP contribution in [0.25, 0.3) is 0 Å². The number of rotatable bonds is 4. The predicted molar refractivity (Wildman–Crippen MR) is 119 cm³/mol. The highest BCUT2D eigenvalue weighted by Crippen LogP contribution is 2.39. The van der Waals surface area contributed by atoms with Crippen LogP contribution < -0.4 is 9.64 Å². The van der Waals surface area contributed by atoms with Crippen molar-refractivity contribution < 1.29 is 19.2 Å². The number of carbonyl (C=O) groups excluding carboxylic acids is 2. The van der Waals surface area contributed by atoms with Crippen molar-refractivity contribution >= 4 is 34.5 Å². The number of nitro groups is 1. The molecule has 2 aliphatic heterocycles. The quantitative estimate of drug-likeness (QED) is 0.449. The predicted octanol–water partition coefficient (Wildman–Crippen LogP) is 3.56. The maximum absolute atomic E-state index is 13.5. The van der Waals surface area contributed by atoms with Gasteiger partial charge in [-0.25, -0.2) is 0 Å². The molecule has 32 heavy (non-hydrogen) atoms. The summed E-state index contributed by atoms with van der Waals surface area (Å²) < 4.78 is 5.42. The van der Waals surface area contributed by atoms with Gasteiger partial charge in [0.15, 0.2) is 6.61 Å². The number of hydrogen-bond acceptors (Lipinski definition) is 6. The van der Waals surface area contributed by atoms with Gasteiger partial charge in [-0.15, -0.1) is 11.3 Å². The van der Waals surface area contributed by atoms with Gasteiger partial charge in [0.05, 0.1) is 16.7 Å². The number of thiophene rings is 1. The molecule has 9 heteroatoms. The maximum atomic E-state index is 13.5. The molecule has 3 heterocycles. The molecule has 1 atom stereocenters. The fourth-order valence-corrected chi connectivity index (χ4v) is 5.19. The average molecular weight is 449 g/mol. The monoisotopic (exact) mass is 449 g/mol.